The SMILES string of the molecule is CCCOc1cc(OCCCCN(C)C)cc(Oc2cc3c(cc2NS(=O)(=O)c2cccc(C(=O)NC4CC(Oc5cc(-c6cnn([C@@H](C(=O)N7C[C@H](C)C[C@H]7C(=O)N[C@@H](C)c7ccc(-c8scnc8C)cc7)C(C)C)c6)ccn5)C4)c2)n(C)c(=O)n3C)c1. The van der Waals surface area contributed by atoms with Gasteiger partial charge in [0, 0.05) is 93.4 Å². The molecule has 1 aliphatic heterocycles. The van der Waals surface area contributed by atoms with Crippen molar-refractivity contribution < 1.29 is 41.7 Å². The average molecular weight is 1250 g/mol. The van der Waals surface area contributed by atoms with E-state index in [4.69, 9.17) is 24.0 Å². The lowest BCUT2D eigenvalue weighted by Crippen LogP contribution is -2.49. The molecule has 1 saturated heterocycles. The first-order chi connectivity index (χ1) is 42.6. The number of hydrogen-bond acceptors (Lipinski definition) is 15. The summed E-state index contributed by atoms with van der Waals surface area (Å²) in [5, 5.41) is 10.9. The minimum absolute atomic E-state index is 0.0544. The Labute approximate surface area is 523 Å². The van der Waals surface area contributed by atoms with Gasteiger partial charge in [0.05, 0.1) is 63.2 Å². The molecule has 4 aromatic heterocycles. The van der Waals surface area contributed by atoms with Gasteiger partial charge in [-0.15, -0.1) is 11.3 Å². The number of thiazole rings is 1. The number of benzene rings is 4. The van der Waals surface area contributed by atoms with Gasteiger partial charge in [0.25, 0.3) is 15.9 Å². The summed E-state index contributed by atoms with van der Waals surface area (Å²) in [5.41, 5.74) is 7.23. The Morgan fingerprint density at radius 1 is 0.831 bits per heavy atom. The molecule has 23 heteroatoms. The van der Waals surface area contributed by atoms with E-state index in [1.165, 1.54) is 27.3 Å². The van der Waals surface area contributed by atoms with Crippen molar-refractivity contribution in [2.75, 3.05) is 45.1 Å². The highest BCUT2D eigenvalue weighted by atomic mass is 32.2. The second-order valence-electron chi connectivity index (χ2n) is 23.9. The van der Waals surface area contributed by atoms with Crippen molar-refractivity contribution in [1.29, 1.82) is 0 Å². The molecule has 0 unspecified atom stereocenters. The molecule has 0 radical (unpaired) electrons. The average Bonchev–Trinajstić information content (AvgIpc) is 1.79. The van der Waals surface area contributed by atoms with Crippen molar-refractivity contribution in [1.82, 2.24) is 49.3 Å². The molecule has 21 nitrogen and oxygen atoms in total. The lowest BCUT2D eigenvalue weighted by molar-refractivity contribution is -0.142. The first-order valence-corrected chi connectivity index (χ1v) is 32.6. The monoisotopic (exact) mass is 1250 g/mol. The molecule has 5 heterocycles. The number of fused-ring (bicyclic) bond motifs is 1. The maximum Gasteiger partial charge on any atom is 0.328 e. The Morgan fingerprint density at radius 3 is 2.25 bits per heavy atom. The molecule has 2 fully saturated rings. The zero-order valence-electron chi connectivity index (χ0n) is 52.1. The Morgan fingerprint density at radius 2 is 1.55 bits per heavy atom. The molecule has 1 saturated carbocycles. The standard InChI is InChI=1S/C66H79N11O10S2/c1-11-24-84-50-31-51(85-25-13-12-23-73(7)8)33-53(32-50)86-59-35-57-56(74(9)66(81)75(57)10)34-55(59)72-89(82,83)54-16-14-15-47(27-54)63(78)71-49-29-52(30-49)87-60-28-46(21-22-67-60)48-36-69-77(38-48)61(40(2)3)65(80)76-37-41(4)26-58(76)64(79)70-42(5)44-17-19-45(20-18-44)62-43(6)68-39-88-62/h14-22,27-28,31-36,38-42,49,52,58,61,72H,11-13,23-26,29-30,37H2,1-10H3,(H,70,79)(H,71,78)/t41-,42+,49?,52?,58+,61-/m1/s1. The topological polar surface area (TPSA) is 235 Å². The third-order valence-electron chi connectivity index (χ3n) is 16.3. The summed E-state index contributed by atoms with van der Waals surface area (Å²) >= 11 is 1.60. The molecule has 470 valence electrons. The number of anilines is 1. The summed E-state index contributed by atoms with van der Waals surface area (Å²) in [6, 6.07) is 24.1. The maximum absolute atomic E-state index is 14.6. The number of ether oxygens (including phenoxy) is 4. The Kier molecular flexibility index (Phi) is 19.6. The molecule has 3 amide bonds. The molecule has 1 aliphatic carbocycles. The molecule has 8 aromatic rings. The fourth-order valence-corrected chi connectivity index (χ4v) is 13.3. The number of rotatable bonds is 26. The van der Waals surface area contributed by atoms with Gasteiger partial charge in [0.2, 0.25) is 17.7 Å². The molecule has 10 rings (SSSR count). The number of hydrogen-bond donors (Lipinski definition) is 3. The molecular formula is C66H79N11O10S2. The number of aryl methyl sites for hydroxylation is 3. The van der Waals surface area contributed by atoms with Crippen LogP contribution in [0.15, 0.2) is 125 Å². The summed E-state index contributed by atoms with van der Waals surface area (Å²) in [7, 11) is 2.91. The fourth-order valence-electron chi connectivity index (χ4n) is 11.4. The molecule has 89 heavy (non-hydrogen) atoms. The Hall–Kier alpha value is -8.54. The number of imidazole rings is 1. The minimum atomic E-state index is -4.37. The smallest absolute Gasteiger partial charge is 0.328 e. The van der Waals surface area contributed by atoms with E-state index in [0.717, 1.165) is 58.6 Å². The van der Waals surface area contributed by atoms with Crippen molar-refractivity contribution in [3.05, 3.63) is 142 Å². The van der Waals surface area contributed by atoms with Crippen LogP contribution in [0.1, 0.15) is 107 Å². The number of aromatic nitrogens is 6. The first-order valence-electron chi connectivity index (χ1n) is 30.3. The van der Waals surface area contributed by atoms with Crippen LogP contribution in [0, 0.1) is 18.8 Å². The summed E-state index contributed by atoms with van der Waals surface area (Å²) in [4.78, 5) is 69.1. The predicted molar refractivity (Wildman–Crippen MR) is 343 cm³/mol. The number of nitrogens with one attached hydrogen (secondary N) is 3. The highest BCUT2D eigenvalue weighted by molar-refractivity contribution is 7.92. The van der Waals surface area contributed by atoms with Gasteiger partial charge < -0.3 is 39.4 Å². The fraction of sp³-hybridized carbons (Fsp3) is 0.409. The maximum atomic E-state index is 14.6. The second kappa shape index (κ2) is 27.5. The zero-order chi connectivity index (χ0) is 63.3. The van der Waals surface area contributed by atoms with Gasteiger partial charge >= 0.3 is 5.69 Å². The Balaban J connectivity index is 0.758. The second-order valence-corrected chi connectivity index (χ2v) is 26.5. The minimum Gasteiger partial charge on any atom is -0.493 e. The van der Waals surface area contributed by atoms with Gasteiger partial charge in [0.15, 0.2) is 5.75 Å². The summed E-state index contributed by atoms with van der Waals surface area (Å²) in [5.74, 6) is 1.02. The molecule has 0 bridgehead atoms. The van der Waals surface area contributed by atoms with Crippen molar-refractivity contribution in [3.63, 3.8) is 0 Å². The molecule has 4 aromatic carbocycles. The van der Waals surface area contributed by atoms with Crippen LogP contribution in [0.25, 0.3) is 32.6 Å². The van der Waals surface area contributed by atoms with Crippen LogP contribution in [-0.2, 0) is 33.7 Å². The van der Waals surface area contributed by atoms with E-state index in [0.29, 0.717) is 73.2 Å². The van der Waals surface area contributed by atoms with Crippen LogP contribution in [0.4, 0.5) is 5.69 Å². The first kappa shape index (κ1) is 63.5. The van der Waals surface area contributed by atoms with Gasteiger partial charge in [-0.3, -0.25) is 32.9 Å². The van der Waals surface area contributed by atoms with Gasteiger partial charge in [0.1, 0.15) is 35.4 Å². The molecule has 2 aliphatic rings. The molecular weight excluding hydrogens is 1170 g/mol. The normalized spacial score (nSPS) is 17.3. The van der Waals surface area contributed by atoms with Crippen LogP contribution in [-0.4, -0.2) is 123 Å². The van der Waals surface area contributed by atoms with Crippen LogP contribution < -0.4 is 40.0 Å². The van der Waals surface area contributed by atoms with Crippen molar-refractivity contribution >= 4 is 55.8 Å². The number of likely N-dealkylation sites (tertiary alicyclic amines) is 1. The van der Waals surface area contributed by atoms with E-state index >= 15 is 0 Å². The molecule has 4 atom stereocenters. The number of sulfonamides is 1. The van der Waals surface area contributed by atoms with E-state index in [1.807, 2.05) is 84.7 Å². The van der Waals surface area contributed by atoms with E-state index in [-0.39, 0.29) is 69.4 Å². The van der Waals surface area contributed by atoms with E-state index < -0.39 is 28.0 Å². The highest BCUT2D eigenvalue weighted by Gasteiger charge is 2.42. The molecule has 3 N–H and O–H groups in total. The Bertz CT molecular complexity index is 4020. The highest BCUT2D eigenvalue weighted by Crippen LogP contribution is 2.39. The largest absolute Gasteiger partial charge is 0.493 e. The van der Waals surface area contributed by atoms with E-state index in [9.17, 15) is 27.6 Å². The quantitative estimate of drug-likeness (QED) is 0.0428. The lowest BCUT2D eigenvalue weighted by atomic mass is 9.89. The van der Waals surface area contributed by atoms with Crippen molar-refractivity contribution in [2.24, 2.45) is 25.9 Å². The third kappa shape index (κ3) is 14.8. The van der Waals surface area contributed by atoms with Gasteiger partial charge in [-0.05, 0) is 119 Å². The molecule has 0 spiro atoms. The number of nitrogens with zero attached hydrogens (tertiary/aromatic N) is 8. The van der Waals surface area contributed by atoms with Crippen LogP contribution >= 0.6 is 11.3 Å². The van der Waals surface area contributed by atoms with E-state index in [2.05, 4.69) is 49.3 Å². The summed E-state index contributed by atoms with van der Waals surface area (Å²) in [6.07, 6.45) is 8.99. The van der Waals surface area contributed by atoms with Crippen molar-refractivity contribution in [3.8, 4) is 50.4 Å². The zero-order valence-corrected chi connectivity index (χ0v) is 53.7. The predicted octanol–water partition coefficient (Wildman–Crippen LogP) is 10.3. The third-order valence-corrected chi connectivity index (χ3v) is 18.6. The van der Waals surface area contributed by atoms with Crippen LogP contribution in [0.5, 0.6) is 28.9 Å². The number of pyridine rings is 1. The van der Waals surface area contributed by atoms with Gasteiger partial charge in [-0.2, -0.15) is 5.10 Å². The number of carbonyl (C=O) groups is 3. The van der Waals surface area contributed by atoms with Gasteiger partial charge in [-0.1, -0.05) is 58.0 Å². The summed E-state index contributed by atoms with van der Waals surface area (Å²) in [6.45, 7) is 14.3. The lowest BCUT2D eigenvalue weighted by Gasteiger charge is -2.35. The van der Waals surface area contributed by atoms with Gasteiger partial charge in [-0.25, -0.2) is 23.2 Å². The van der Waals surface area contributed by atoms with E-state index in [1.54, 1.807) is 83.8 Å². The number of carbonyl (C=O) groups excluding carboxylic acids is 3. The van der Waals surface area contributed by atoms with Crippen molar-refractivity contribution in [2.45, 2.75) is 115 Å². The van der Waals surface area contributed by atoms with Crippen LogP contribution in [0.3, 0.4) is 0 Å². The van der Waals surface area contributed by atoms with Crippen LogP contribution in [0.2, 0.25) is 0 Å². The summed E-state index contributed by atoms with van der Waals surface area (Å²) < 4.78 is 60.8. The number of unbranched alkanes of at least 4 members (excludes halogenated alkanes) is 1. The number of amides is 3.